The summed E-state index contributed by atoms with van der Waals surface area (Å²) >= 11 is 1.98. The molecular formula is C10H20N2OS. The van der Waals surface area contributed by atoms with Crippen LogP contribution in [0.3, 0.4) is 0 Å². The predicted octanol–water partition coefficient (Wildman–Crippen LogP) is 1.93. The average molecular weight is 216 g/mol. The van der Waals surface area contributed by atoms with Crippen molar-refractivity contribution in [1.29, 1.82) is 0 Å². The van der Waals surface area contributed by atoms with Gasteiger partial charge in [0.05, 0.1) is 0 Å². The van der Waals surface area contributed by atoms with Crippen LogP contribution in [-0.4, -0.2) is 41.1 Å². The molecule has 82 valence electrons. The van der Waals surface area contributed by atoms with Gasteiger partial charge in [-0.05, 0) is 20.3 Å². The van der Waals surface area contributed by atoms with Gasteiger partial charge in [0.1, 0.15) is 0 Å². The summed E-state index contributed by atoms with van der Waals surface area (Å²) in [5.74, 6) is 1.07. The van der Waals surface area contributed by atoms with E-state index >= 15 is 0 Å². The highest BCUT2D eigenvalue weighted by molar-refractivity contribution is 8.00. The molecule has 14 heavy (non-hydrogen) atoms. The molecule has 0 radical (unpaired) electrons. The molecule has 1 heterocycles. The number of nitrogens with one attached hydrogen (secondary N) is 1. The highest BCUT2D eigenvalue weighted by Gasteiger charge is 2.22. The largest absolute Gasteiger partial charge is 0.336 e. The Hall–Kier alpha value is -0.380. The lowest BCUT2D eigenvalue weighted by Gasteiger charge is -2.32. The predicted molar refractivity (Wildman–Crippen MR) is 61.8 cm³/mol. The number of amides is 2. The standard InChI is InChI=1S/C10H20N2OS/c1-4-9-7-12(5-6-14-9)10(13)11-8(2)3/h8-9H,4-7H2,1-3H3,(H,11,13). The van der Waals surface area contributed by atoms with Crippen molar-refractivity contribution < 1.29 is 4.79 Å². The van der Waals surface area contributed by atoms with Gasteiger partial charge >= 0.3 is 6.03 Å². The maximum Gasteiger partial charge on any atom is 0.317 e. The maximum absolute atomic E-state index is 11.7. The van der Waals surface area contributed by atoms with Crippen molar-refractivity contribution in [3.63, 3.8) is 0 Å². The maximum atomic E-state index is 11.7. The van der Waals surface area contributed by atoms with E-state index in [9.17, 15) is 4.79 Å². The summed E-state index contributed by atoms with van der Waals surface area (Å²) in [5, 5.41) is 3.56. The lowest BCUT2D eigenvalue weighted by atomic mass is 10.3. The van der Waals surface area contributed by atoms with E-state index in [1.54, 1.807) is 0 Å². The van der Waals surface area contributed by atoms with Gasteiger partial charge in [0.2, 0.25) is 0 Å². The van der Waals surface area contributed by atoms with E-state index in [1.807, 2.05) is 30.5 Å². The summed E-state index contributed by atoms with van der Waals surface area (Å²) in [6.07, 6.45) is 1.15. The molecule has 2 amide bonds. The van der Waals surface area contributed by atoms with E-state index in [2.05, 4.69) is 12.2 Å². The third-order valence-corrected chi connectivity index (χ3v) is 3.67. The molecule has 0 spiro atoms. The van der Waals surface area contributed by atoms with Crippen LogP contribution < -0.4 is 5.32 Å². The van der Waals surface area contributed by atoms with Crippen LogP contribution in [0.1, 0.15) is 27.2 Å². The van der Waals surface area contributed by atoms with Crippen LogP contribution in [0, 0.1) is 0 Å². The molecule has 0 aromatic carbocycles. The molecule has 0 aliphatic carbocycles. The van der Waals surface area contributed by atoms with Gasteiger partial charge in [-0.1, -0.05) is 6.92 Å². The molecule has 1 atom stereocenters. The zero-order valence-electron chi connectivity index (χ0n) is 9.25. The third-order valence-electron chi connectivity index (χ3n) is 2.29. The van der Waals surface area contributed by atoms with E-state index < -0.39 is 0 Å². The van der Waals surface area contributed by atoms with Crippen molar-refractivity contribution >= 4 is 17.8 Å². The normalized spacial score (nSPS) is 22.6. The van der Waals surface area contributed by atoms with Crippen LogP contribution >= 0.6 is 11.8 Å². The SMILES string of the molecule is CCC1CN(C(=O)NC(C)C)CCS1. The topological polar surface area (TPSA) is 32.3 Å². The highest BCUT2D eigenvalue weighted by atomic mass is 32.2. The smallest absolute Gasteiger partial charge is 0.317 e. The quantitative estimate of drug-likeness (QED) is 0.765. The summed E-state index contributed by atoms with van der Waals surface area (Å²) in [6, 6.07) is 0.330. The van der Waals surface area contributed by atoms with Gasteiger partial charge in [-0.2, -0.15) is 11.8 Å². The molecule has 0 aromatic rings. The highest BCUT2D eigenvalue weighted by Crippen LogP contribution is 2.20. The second-order valence-corrected chi connectivity index (χ2v) is 5.36. The molecule has 1 rings (SSSR count). The minimum absolute atomic E-state index is 0.0961. The summed E-state index contributed by atoms with van der Waals surface area (Å²) in [6.45, 7) is 7.96. The molecule has 1 fully saturated rings. The summed E-state index contributed by atoms with van der Waals surface area (Å²) in [4.78, 5) is 13.6. The van der Waals surface area contributed by atoms with Crippen LogP contribution in [-0.2, 0) is 0 Å². The number of thioether (sulfide) groups is 1. The molecule has 0 aromatic heterocycles. The molecule has 0 bridgehead atoms. The zero-order valence-corrected chi connectivity index (χ0v) is 10.1. The molecule has 4 heteroatoms. The van der Waals surface area contributed by atoms with Crippen molar-refractivity contribution in [1.82, 2.24) is 10.2 Å². The van der Waals surface area contributed by atoms with Crippen molar-refractivity contribution in [2.24, 2.45) is 0 Å². The van der Waals surface area contributed by atoms with Crippen LogP contribution in [0.4, 0.5) is 4.79 Å². The van der Waals surface area contributed by atoms with Gasteiger partial charge in [-0.15, -0.1) is 0 Å². The Balaban J connectivity index is 2.39. The average Bonchev–Trinajstić information content (AvgIpc) is 2.17. The minimum atomic E-state index is 0.0961. The van der Waals surface area contributed by atoms with Gasteiger partial charge in [-0.3, -0.25) is 0 Å². The summed E-state index contributed by atoms with van der Waals surface area (Å²) in [7, 11) is 0. The number of carbonyl (C=O) groups is 1. The third kappa shape index (κ3) is 3.40. The Kier molecular flexibility index (Phi) is 4.58. The Morgan fingerprint density at radius 1 is 1.64 bits per heavy atom. The van der Waals surface area contributed by atoms with E-state index in [0.29, 0.717) is 5.25 Å². The monoisotopic (exact) mass is 216 g/mol. The number of urea groups is 1. The van der Waals surface area contributed by atoms with Crippen molar-refractivity contribution in [3.05, 3.63) is 0 Å². The summed E-state index contributed by atoms with van der Waals surface area (Å²) in [5.41, 5.74) is 0. The minimum Gasteiger partial charge on any atom is -0.336 e. The van der Waals surface area contributed by atoms with Crippen LogP contribution in [0.5, 0.6) is 0 Å². The number of hydrogen-bond acceptors (Lipinski definition) is 2. The second-order valence-electron chi connectivity index (χ2n) is 3.95. The van der Waals surface area contributed by atoms with Gasteiger partial charge in [-0.25, -0.2) is 4.79 Å². The van der Waals surface area contributed by atoms with Gasteiger partial charge < -0.3 is 10.2 Å². The Morgan fingerprint density at radius 3 is 2.93 bits per heavy atom. The van der Waals surface area contributed by atoms with Crippen molar-refractivity contribution in [3.8, 4) is 0 Å². The summed E-state index contributed by atoms with van der Waals surface area (Å²) < 4.78 is 0. The zero-order chi connectivity index (χ0) is 10.6. The molecular weight excluding hydrogens is 196 g/mol. The molecule has 1 aliphatic heterocycles. The lowest BCUT2D eigenvalue weighted by Crippen LogP contribution is -2.48. The van der Waals surface area contributed by atoms with E-state index in [-0.39, 0.29) is 12.1 Å². The van der Waals surface area contributed by atoms with E-state index in [1.165, 1.54) is 0 Å². The Labute approximate surface area is 90.6 Å². The van der Waals surface area contributed by atoms with Crippen LogP contribution in [0.25, 0.3) is 0 Å². The van der Waals surface area contributed by atoms with Gasteiger partial charge in [0, 0.05) is 30.1 Å². The number of rotatable bonds is 2. The molecule has 1 aliphatic rings. The van der Waals surface area contributed by atoms with E-state index in [4.69, 9.17) is 0 Å². The van der Waals surface area contributed by atoms with Gasteiger partial charge in [0.25, 0.3) is 0 Å². The van der Waals surface area contributed by atoms with Gasteiger partial charge in [0.15, 0.2) is 0 Å². The van der Waals surface area contributed by atoms with Crippen LogP contribution in [0.2, 0.25) is 0 Å². The first kappa shape index (κ1) is 11.7. The number of nitrogens with zero attached hydrogens (tertiary/aromatic N) is 1. The molecule has 1 saturated heterocycles. The fraction of sp³-hybridized carbons (Fsp3) is 0.900. The Morgan fingerprint density at radius 2 is 2.36 bits per heavy atom. The second kappa shape index (κ2) is 5.49. The van der Waals surface area contributed by atoms with Crippen molar-refractivity contribution in [2.45, 2.75) is 38.5 Å². The first-order valence-corrected chi connectivity index (χ1v) is 6.35. The molecule has 0 saturated carbocycles. The molecule has 1 N–H and O–H groups in total. The molecule has 3 nitrogen and oxygen atoms in total. The van der Waals surface area contributed by atoms with Crippen molar-refractivity contribution in [2.75, 3.05) is 18.8 Å². The molecule has 1 unspecified atom stereocenters. The first-order chi connectivity index (χ1) is 6.63. The number of carbonyl (C=O) groups excluding carboxylic acids is 1. The van der Waals surface area contributed by atoms with Crippen LogP contribution in [0.15, 0.2) is 0 Å². The fourth-order valence-electron chi connectivity index (χ4n) is 1.49. The number of hydrogen-bond donors (Lipinski definition) is 1. The fourth-order valence-corrected chi connectivity index (χ4v) is 2.67. The lowest BCUT2D eigenvalue weighted by molar-refractivity contribution is 0.197. The first-order valence-electron chi connectivity index (χ1n) is 5.30. The Bertz CT molecular complexity index is 197. The van der Waals surface area contributed by atoms with E-state index in [0.717, 1.165) is 25.3 Å².